The highest BCUT2D eigenvalue weighted by Crippen LogP contribution is 2.13. The van der Waals surface area contributed by atoms with E-state index in [1.165, 1.54) is 69.9 Å². The van der Waals surface area contributed by atoms with Crippen molar-refractivity contribution in [3.63, 3.8) is 0 Å². The molecule has 5 nitrogen and oxygen atoms in total. The number of rotatable bonds is 19. The number of phenolic OH excluding ortho intramolecular Hbond substituents is 1. The van der Waals surface area contributed by atoms with Gasteiger partial charge in [0, 0.05) is 12.8 Å². The summed E-state index contributed by atoms with van der Waals surface area (Å²) in [5.74, 6) is -1.13. The molecule has 0 heterocycles. The van der Waals surface area contributed by atoms with Gasteiger partial charge in [0.2, 0.25) is 5.91 Å². The lowest BCUT2D eigenvalue weighted by Crippen LogP contribution is -2.42. The highest BCUT2D eigenvalue weighted by molar-refractivity contribution is 5.83. The van der Waals surface area contributed by atoms with Crippen molar-refractivity contribution in [3.8, 4) is 5.75 Å². The van der Waals surface area contributed by atoms with Crippen LogP contribution in [-0.4, -0.2) is 28.1 Å². The number of carbonyl (C=O) groups is 2. The number of benzene rings is 1. The van der Waals surface area contributed by atoms with Gasteiger partial charge in [-0.15, -0.1) is 0 Å². The van der Waals surface area contributed by atoms with E-state index in [1.807, 2.05) is 0 Å². The van der Waals surface area contributed by atoms with Crippen molar-refractivity contribution < 1.29 is 19.8 Å². The van der Waals surface area contributed by atoms with Gasteiger partial charge in [-0.05, 0) is 49.8 Å². The normalized spacial score (nSPS) is 12.2. The van der Waals surface area contributed by atoms with Crippen molar-refractivity contribution in [1.29, 1.82) is 0 Å². The van der Waals surface area contributed by atoms with E-state index in [1.54, 1.807) is 12.1 Å². The Morgan fingerprint density at radius 3 is 1.94 bits per heavy atom. The van der Waals surface area contributed by atoms with Crippen LogP contribution in [0.3, 0.4) is 0 Å². The minimum Gasteiger partial charge on any atom is -0.508 e. The quantitative estimate of drug-likeness (QED) is 0.167. The topological polar surface area (TPSA) is 86.6 Å². The number of unbranched alkanes of at least 4 members (excludes halogenated alkanes) is 11. The van der Waals surface area contributed by atoms with Crippen LogP contribution in [-0.2, 0) is 16.0 Å². The number of aliphatic carboxylic acids is 1. The molecule has 1 rings (SSSR count). The zero-order chi connectivity index (χ0) is 23.4. The van der Waals surface area contributed by atoms with Gasteiger partial charge in [-0.25, -0.2) is 4.79 Å². The number of carboxylic acid groups (broad SMARTS) is 1. The van der Waals surface area contributed by atoms with Crippen molar-refractivity contribution >= 4 is 11.9 Å². The van der Waals surface area contributed by atoms with Gasteiger partial charge < -0.3 is 15.5 Å². The lowest BCUT2D eigenvalue weighted by molar-refractivity contribution is -0.141. The Labute approximate surface area is 194 Å². The summed E-state index contributed by atoms with van der Waals surface area (Å²) in [6.45, 7) is 2.25. The van der Waals surface area contributed by atoms with Crippen molar-refractivity contribution in [3.05, 3.63) is 42.0 Å². The van der Waals surface area contributed by atoms with Gasteiger partial charge in [0.25, 0.3) is 0 Å². The van der Waals surface area contributed by atoms with Crippen LogP contribution >= 0.6 is 0 Å². The molecule has 0 radical (unpaired) electrons. The molecular weight excluding hydrogens is 402 g/mol. The van der Waals surface area contributed by atoms with E-state index in [2.05, 4.69) is 24.4 Å². The largest absolute Gasteiger partial charge is 0.508 e. The molecule has 5 heteroatoms. The molecule has 0 bridgehead atoms. The SMILES string of the molecule is CCCCCCCC/C=C\CCCCCCCC(=O)N[C@@H](Cc1ccc(O)cc1)C(=O)O. The zero-order valence-electron chi connectivity index (χ0n) is 19.9. The number of carbonyl (C=O) groups excluding carboxylic acids is 1. The van der Waals surface area contributed by atoms with Crippen LogP contribution in [0.1, 0.15) is 102 Å². The molecule has 1 atom stereocenters. The smallest absolute Gasteiger partial charge is 0.326 e. The lowest BCUT2D eigenvalue weighted by atomic mass is 10.0. The molecule has 1 aromatic rings. The average Bonchev–Trinajstić information content (AvgIpc) is 2.77. The molecule has 0 aliphatic carbocycles. The maximum absolute atomic E-state index is 12.1. The third-order valence-electron chi connectivity index (χ3n) is 5.68. The monoisotopic (exact) mass is 445 g/mol. The Kier molecular flexibility index (Phi) is 15.9. The summed E-state index contributed by atoms with van der Waals surface area (Å²) in [7, 11) is 0. The van der Waals surface area contributed by atoms with E-state index in [0.717, 1.165) is 31.2 Å². The Hall–Kier alpha value is -2.30. The van der Waals surface area contributed by atoms with E-state index in [9.17, 15) is 19.8 Å². The Balaban J connectivity index is 2.03. The van der Waals surface area contributed by atoms with E-state index in [-0.39, 0.29) is 18.1 Å². The van der Waals surface area contributed by atoms with Crippen molar-refractivity contribution in [2.24, 2.45) is 0 Å². The second-order valence-corrected chi connectivity index (χ2v) is 8.66. The fraction of sp³-hybridized carbons (Fsp3) is 0.630. The third-order valence-corrected chi connectivity index (χ3v) is 5.68. The molecule has 180 valence electrons. The van der Waals surface area contributed by atoms with Crippen molar-refractivity contribution in [1.82, 2.24) is 5.32 Å². The van der Waals surface area contributed by atoms with E-state index in [4.69, 9.17) is 0 Å². The predicted octanol–water partition coefficient (Wildman–Crippen LogP) is 6.54. The predicted molar refractivity (Wildman–Crippen MR) is 131 cm³/mol. The molecule has 0 aromatic heterocycles. The molecule has 0 saturated carbocycles. The first-order chi connectivity index (χ1) is 15.5. The molecule has 32 heavy (non-hydrogen) atoms. The molecule has 3 N–H and O–H groups in total. The minimum absolute atomic E-state index is 0.133. The summed E-state index contributed by atoms with van der Waals surface area (Å²) in [4.78, 5) is 23.6. The first kappa shape index (κ1) is 27.7. The molecule has 0 unspecified atom stereocenters. The zero-order valence-corrected chi connectivity index (χ0v) is 19.9. The number of carboxylic acids is 1. The van der Waals surface area contributed by atoms with Gasteiger partial charge in [0.1, 0.15) is 11.8 Å². The van der Waals surface area contributed by atoms with Gasteiger partial charge in [-0.2, -0.15) is 0 Å². The lowest BCUT2D eigenvalue weighted by Gasteiger charge is -2.14. The Morgan fingerprint density at radius 1 is 0.844 bits per heavy atom. The summed E-state index contributed by atoms with van der Waals surface area (Å²) in [5.41, 5.74) is 0.761. The van der Waals surface area contributed by atoms with Gasteiger partial charge in [0.15, 0.2) is 0 Å². The molecule has 0 fully saturated rings. The average molecular weight is 446 g/mol. The number of nitrogens with one attached hydrogen (secondary N) is 1. The number of aromatic hydroxyl groups is 1. The van der Waals surface area contributed by atoms with Crippen LogP contribution in [0, 0.1) is 0 Å². The van der Waals surface area contributed by atoms with Crippen LogP contribution in [0.4, 0.5) is 0 Å². The fourth-order valence-electron chi connectivity index (χ4n) is 3.69. The molecular formula is C27H43NO4. The van der Waals surface area contributed by atoms with Crippen molar-refractivity contribution in [2.75, 3.05) is 0 Å². The Morgan fingerprint density at radius 2 is 1.38 bits per heavy atom. The second-order valence-electron chi connectivity index (χ2n) is 8.66. The number of phenols is 1. The number of allylic oxidation sites excluding steroid dienone is 2. The molecule has 0 saturated heterocycles. The van der Waals surface area contributed by atoms with Crippen LogP contribution in [0.15, 0.2) is 36.4 Å². The standard InChI is InChI=1S/C27H43NO4/c1-2-3-4-5-6-7-8-9-10-11-12-13-14-15-16-17-26(30)28-25(27(31)32)22-23-18-20-24(29)21-19-23/h9-10,18-21,25,29H,2-8,11-17,22H2,1H3,(H,28,30)(H,31,32)/b10-9-/t25-/m0/s1. The number of hydrogen-bond acceptors (Lipinski definition) is 3. The third kappa shape index (κ3) is 14.7. The van der Waals surface area contributed by atoms with Gasteiger partial charge in [0.05, 0.1) is 0 Å². The van der Waals surface area contributed by atoms with Gasteiger partial charge in [-0.3, -0.25) is 4.79 Å². The van der Waals surface area contributed by atoms with Crippen molar-refractivity contribution in [2.45, 2.75) is 109 Å². The van der Waals surface area contributed by atoms with E-state index in [0.29, 0.717) is 6.42 Å². The molecule has 1 amide bonds. The van der Waals surface area contributed by atoms with Crippen LogP contribution in [0.2, 0.25) is 0 Å². The first-order valence-electron chi connectivity index (χ1n) is 12.5. The summed E-state index contributed by atoms with van der Waals surface area (Å²) >= 11 is 0. The Bertz CT molecular complexity index is 654. The summed E-state index contributed by atoms with van der Waals surface area (Å²) in [5, 5.41) is 21.3. The van der Waals surface area contributed by atoms with Gasteiger partial charge >= 0.3 is 5.97 Å². The minimum atomic E-state index is -1.05. The van der Waals surface area contributed by atoms with Crippen LogP contribution in [0.25, 0.3) is 0 Å². The summed E-state index contributed by atoms with van der Waals surface area (Å²) in [6.07, 6.45) is 20.8. The van der Waals surface area contributed by atoms with Crippen LogP contribution in [0.5, 0.6) is 5.75 Å². The molecule has 1 aromatic carbocycles. The first-order valence-corrected chi connectivity index (χ1v) is 12.5. The maximum atomic E-state index is 12.1. The fourth-order valence-corrected chi connectivity index (χ4v) is 3.69. The molecule has 0 aliphatic heterocycles. The molecule has 0 aliphatic rings. The number of hydrogen-bond donors (Lipinski definition) is 3. The highest BCUT2D eigenvalue weighted by atomic mass is 16.4. The van der Waals surface area contributed by atoms with Gasteiger partial charge in [-0.1, -0.05) is 82.6 Å². The highest BCUT2D eigenvalue weighted by Gasteiger charge is 2.20. The van der Waals surface area contributed by atoms with Crippen LogP contribution < -0.4 is 5.32 Å². The maximum Gasteiger partial charge on any atom is 0.326 e. The second kappa shape index (κ2) is 18.3. The summed E-state index contributed by atoms with van der Waals surface area (Å²) < 4.78 is 0. The summed E-state index contributed by atoms with van der Waals surface area (Å²) in [6, 6.07) is 5.42. The number of amides is 1. The molecule has 0 spiro atoms. The van der Waals surface area contributed by atoms with E-state index < -0.39 is 12.0 Å². The van der Waals surface area contributed by atoms with E-state index >= 15 is 0 Å².